The van der Waals surface area contributed by atoms with Gasteiger partial charge in [-0.05, 0) is 30.3 Å². The number of amides is 1. The highest BCUT2D eigenvalue weighted by Gasteiger charge is 2.13. The summed E-state index contributed by atoms with van der Waals surface area (Å²) in [6.45, 7) is -3.00. The number of hydrogen-bond donors (Lipinski definition) is 1. The standard InChI is InChI=1S/C14H11F3N2O3S/c1-21-11-6-8(2-4-10(11)22-14(16)17)13(20)19-18-7-9-3-5-12(15)23-9/h2-7,14H,1H3,(H,19,20)/b18-7+. The quantitative estimate of drug-likeness (QED) is 0.646. The van der Waals surface area contributed by atoms with Gasteiger partial charge in [0.15, 0.2) is 16.6 Å². The number of hydrogen-bond acceptors (Lipinski definition) is 5. The first-order valence-corrected chi connectivity index (χ1v) is 7.03. The minimum atomic E-state index is -3.00. The summed E-state index contributed by atoms with van der Waals surface area (Å²) >= 11 is 0.874. The van der Waals surface area contributed by atoms with Crippen LogP contribution in [0.4, 0.5) is 13.2 Å². The van der Waals surface area contributed by atoms with Gasteiger partial charge in [-0.3, -0.25) is 4.79 Å². The van der Waals surface area contributed by atoms with Crippen molar-refractivity contribution in [2.24, 2.45) is 5.10 Å². The number of rotatable bonds is 6. The number of halogens is 3. The van der Waals surface area contributed by atoms with Gasteiger partial charge in [-0.2, -0.15) is 18.3 Å². The lowest BCUT2D eigenvalue weighted by atomic mass is 10.2. The van der Waals surface area contributed by atoms with Crippen molar-refractivity contribution in [3.63, 3.8) is 0 Å². The van der Waals surface area contributed by atoms with E-state index in [0.717, 1.165) is 11.3 Å². The number of carbonyl (C=O) groups is 1. The van der Waals surface area contributed by atoms with Crippen molar-refractivity contribution in [2.45, 2.75) is 6.61 Å². The van der Waals surface area contributed by atoms with Gasteiger partial charge in [-0.15, -0.1) is 11.3 Å². The van der Waals surface area contributed by atoms with Gasteiger partial charge in [0, 0.05) is 5.56 Å². The van der Waals surface area contributed by atoms with Gasteiger partial charge in [-0.25, -0.2) is 5.43 Å². The van der Waals surface area contributed by atoms with E-state index in [2.05, 4.69) is 15.3 Å². The summed E-state index contributed by atoms with van der Waals surface area (Å²) in [7, 11) is 1.26. The summed E-state index contributed by atoms with van der Waals surface area (Å²) in [5.74, 6) is -0.779. The molecule has 5 nitrogen and oxygen atoms in total. The third-order valence-electron chi connectivity index (χ3n) is 2.59. The van der Waals surface area contributed by atoms with Gasteiger partial charge in [0.2, 0.25) is 0 Å². The molecule has 0 saturated carbocycles. The van der Waals surface area contributed by atoms with E-state index in [1.165, 1.54) is 43.7 Å². The Labute approximate surface area is 133 Å². The largest absolute Gasteiger partial charge is 0.493 e. The third kappa shape index (κ3) is 4.71. The van der Waals surface area contributed by atoms with Crippen LogP contribution in [0.25, 0.3) is 0 Å². The fourth-order valence-corrected chi connectivity index (χ4v) is 2.22. The first kappa shape index (κ1) is 16.8. The molecule has 0 bridgehead atoms. The van der Waals surface area contributed by atoms with Crippen LogP contribution in [0.3, 0.4) is 0 Å². The Morgan fingerprint density at radius 1 is 1.30 bits per heavy atom. The van der Waals surface area contributed by atoms with Crippen LogP contribution in [-0.4, -0.2) is 25.8 Å². The molecule has 1 heterocycles. The van der Waals surface area contributed by atoms with Crippen LogP contribution in [0.2, 0.25) is 0 Å². The zero-order valence-electron chi connectivity index (χ0n) is 11.8. The third-order valence-corrected chi connectivity index (χ3v) is 3.40. The molecule has 23 heavy (non-hydrogen) atoms. The summed E-state index contributed by atoms with van der Waals surface area (Å²) in [5.41, 5.74) is 2.38. The van der Waals surface area contributed by atoms with Crippen molar-refractivity contribution in [2.75, 3.05) is 7.11 Å². The molecule has 0 unspecified atom stereocenters. The maximum atomic E-state index is 12.8. The summed E-state index contributed by atoms with van der Waals surface area (Å²) in [6.07, 6.45) is 1.29. The van der Waals surface area contributed by atoms with Crippen molar-refractivity contribution in [1.82, 2.24) is 5.43 Å². The van der Waals surface area contributed by atoms with Crippen LogP contribution in [0, 0.1) is 5.13 Å². The van der Waals surface area contributed by atoms with Crippen LogP contribution in [-0.2, 0) is 0 Å². The normalized spacial score (nSPS) is 11.0. The average Bonchev–Trinajstić information content (AvgIpc) is 2.92. The van der Waals surface area contributed by atoms with Crippen LogP contribution < -0.4 is 14.9 Å². The molecule has 2 aromatic rings. The lowest BCUT2D eigenvalue weighted by molar-refractivity contribution is -0.0512. The number of methoxy groups -OCH3 is 1. The number of nitrogens with one attached hydrogen (secondary N) is 1. The predicted octanol–water partition coefficient (Wildman–Crippen LogP) is 3.26. The number of thiophene rings is 1. The molecule has 0 aliphatic carbocycles. The molecule has 1 amide bonds. The molecule has 9 heteroatoms. The SMILES string of the molecule is COc1cc(C(=O)N/N=C/c2ccc(F)s2)ccc1OC(F)F. The highest BCUT2D eigenvalue weighted by Crippen LogP contribution is 2.29. The van der Waals surface area contributed by atoms with Gasteiger partial charge in [0.25, 0.3) is 5.91 Å². The number of nitrogens with zero attached hydrogens (tertiary/aromatic N) is 1. The second-order valence-electron chi connectivity index (χ2n) is 4.09. The Balaban J connectivity index is 2.05. The highest BCUT2D eigenvalue weighted by molar-refractivity contribution is 7.12. The van der Waals surface area contributed by atoms with Crippen LogP contribution in [0.15, 0.2) is 35.4 Å². The lowest BCUT2D eigenvalue weighted by Crippen LogP contribution is -2.17. The summed E-state index contributed by atoms with van der Waals surface area (Å²) < 4.78 is 46.4. The smallest absolute Gasteiger partial charge is 0.387 e. The number of carbonyl (C=O) groups excluding carboxylic acids is 1. The molecule has 0 fully saturated rings. The Bertz CT molecular complexity index is 719. The maximum Gasteiger partial charge on any atom is 0.387 e. The van der Waals surface area contributed by atoms with Crippen molar-refractivity contribution in [3.8, 4) is 11.5 Å². The van der Waals surface area contributed by atoms with Gasteiger partial charge in [0.1, 0.15) is 0 Å². The van der Waals surface area contributed by atoms with Crippen molar-refractivity contribution >= 4 is 23.5 Å². The molecule has 0 aliphatic heterocycles. The van der Waals surface area contributed by atoms with Crippen LogP contribution >= 0.6 is 11.3 Å². The van der Waals surface area contributed by atoms with E-state index >= 15 is 0 Å². The molecular weight excluding hydrogens is 333 g/mol. The van der Waals surface area contributed by atoms with E-state index in [4.69, 9.17) is 4.74 Å². The van der Waals surface area contributed by atoms with Crippen molar-refractivity contribution in [3.05, 3.63) is 45.9 Å². The zero-order valence-corrected chi connectivity index (χ0v) is 12.6. The number of ether oxygens (including phenoxy) is 2. The van der Waals surface area contributed by atoms with E-state index in [9.17, 15) is 18.0 Å². The topological polar surface area (TPSA) is 59.9 Å². The summed E-state index contributed by atoms with van der Waals surface area (Å²) in [6, 6.07) is 6.51. The maximum absolute atomic E-state index is 12.8. The van der Waals surface area contributed by atoms with Crippen LogP contribution in [0.5, 0.6) is 11.5 Å². The minimum absolute atomic E-state index is 0.0118. The molecule has 0 spiro atoms. The zero-order chi connectivity index (χ0) is 16.8. The molecule has 1 aromatic heterocycles. The lowest BCUT2D eigenvalue weighted by Gasteiger charge is -2.10. The highest BCUT2D eigenvalue weighted by atomic mass is 32.1. The first-order chi connectivity index (χ1) is 11.0. The molecule has 122 valence electrons. The fraction of sp³-hybridized carbons (Fsp3) is 0.143. The van der Waals surface area contributed by atoms with Gasteiger partial charge in [-0.1, -0.05) is 0 Å². The Morgan fingerprint density at radius 2 is 2.09 bits per heavy atom. The Kier molecular flexibility index (Phi) is 5.58. The molecule has 1 N–H and O–H groups in total. The van der Waals surface area contributed by atoms with Gasteiger partial charge >= 0.3 is 6.61 Å². The molecular formula is C14H11F3N2O3S. The Hall–Kier alpha value is -2.55. The second-order valence-corrected chi connectivity index (χ2v) is 5.15. The molecule has 0 atom stereocenters. The van der Waals surface area contributed by atoms with Crippen LogP contribution in [0.1, 0.15) is 15.2 Å². The van der Waals surface area contributed by atoms with Crippen molar-refractivity contribution < 1.29 is 27.4 Å². The van der Waals surface area contributed by atoms with Crippen molar-refractivity contribution in [1.29, 1.82) is 0 Å². The number of benzene rings is 1. The van der Waals surface area contributed by atoms with E-state index in [1.54, 1.807) is 0 Å². The number of hydrazone groups is 1. The molecule has 1 aromatic carbocycles. The van der Waals surface area contributed by atoms with Gasteiger partial charge < -0.3 is 9.47 Å². The fourth-order valence-electron chi connectivity index (χ4n) is 1.62. The van der Waals surface area contributed by atoms with E-state index in [-0.39, 0.29) is 22.2 Å². The monoisotopic (exact) mass is 344 g/mol. The minimum Gasteiger partial charge on any atom is -0.493 e. The molecule has 0 saturated heterocycles. The molecule has 0 aliphatic rings. The second kappa shape index (κ2) is 7.63. The molecule has 0 radical (unpaired) electrons. The first-order valence-electron chi connectivity index (χ1n) is 6.21. The van der Waals surface area contributed by atoms with E-state index in [1.807, 2.05) is 0 Å². The van der Waals surface area contributed by atoms with Gasteiger partial charge in [0.05, 0.1) is 18.2 Å². The van der Waals surface area contributed by atoms with E-state index in [0.29, 0.717) is 4.88 Å². The Morgan fingerprint density at radius 3 is 2.70 bits per heavy atom. The summed E-state index contributed by atoms with van der Waals surface area (Å²) in [4.78, 5) is 12.4. The average molecular weight is 344 g/mol. The predicted molar refractivity (Wildman–Crippen MR) is 79.0 cm³/mol. The summed E-state index contributed by atoms with van der Waals surface area (Å²) in [5, 5.41) is 3.32. The number of alkyl halides is 2. The van der Waals surface area contributed by atoms with E-state index < -0.39 is 12.5 Å². The molecule has 2 rings (SSSR count).